The van der Waals surface area contributed by atoms with Gasteiger partial charge in [-0.2, -0.15) is 38.2 Å². The lowest BCUT2D eigenvalue weighted by Gasteiger charge is -2.28. The fraction of sp³-hybridized carbons (Fsp3) is 0.438. The van der Waals surface area contributed by atoms with Crippen LogP contribution in [0, 0.1) is 0 Å². The van der Waals surface area contributed by atoms with E-state index in [2.05, 4.69) is 0 Å². The fourth-order valence-electron chi connectivity index (χ4n) is 9.35. The molecule has 0 saturated heterocycles. The van der Waals surface area contributed by atoms with Crippen molar-refractivity contribution in [3.05, 3.63) is 119 Å². The molecule has 6 rings (SSSR count). The average Bonchev–Trinajstić information content (AvgIpc) is 3.59. The van der Waals surface area contributed by atoms with E-state index < -0.39 is 62.8 Å². The highest BCUT2D eigenvalue weighted by Gasteiger charge is 2.45. The van der Waals surface area contributed by atoms with Gasteiger partial charge < -0.3 is 14.7 Å². The van der Waals surface area contributed by atoms with Crippen LogP contribution in [0.3, 0.4) is 0 Å². The molecule has 3 aromatic carbocycles. The van der Waals surface area contributed by atoms with Crippen LogP contribution in [0.2, 0.25) is 0 Å². The third kappa shape index (κ3) is 12.6. The van der Waals surface area contributed by atoms with E-state index in [4.69, 9.17) is 4.74 Å². The highest BCUT2D eigenvalue weighted by atomic mass is 32.2. The summed E-state index contributed by atoms with van der Waals surface area (Å²) in [5.74, 6) is -0.211. The second-order valence-corrected chi connectivity index (χ2v) is 24.4. The van der Waals surface area contributed by atoms with Crippen molar-refractivity contribution in [2.75, 3.05) is 42.7 Å². The minimum absolute atomic E-state index is 0.0474. The number of nitrogens with zero attached hydrogens (tertiary/aromatic N) is 2. The van der Waals surface area contributed by atoms with Crippen molar-refractivity contribution < 1.29 is 66.3 Å². The third-order valence-corrected chi connectivity index (χ3v) is 16.1. The van der Waals surface area contributed by atoms with Gasteiger partial charge in [-0.3, -0.25) is 18.2 Å². The summed E-state index contributed by atoms with van der Waals surface area (Å²) in [5, 5.41) is 9.33. The molecule has 0 atom stereocenters. The molecule has 0 saturated carbocycles. The van der Waals surface area contributed by atoms with Crippen LogP contribution in [0.4, 0.5) is 11.4 Å². The maximum absolute atomic E-state index is 12.3. The number of aliphatic hydroxyl groups excluding tert-OH is 1. The summed E-state index contributed by atoms with van der Waals surface area (Å²) >= 11 is 0. The molecule has 3 aliphatic rings. The number of allylic oxidation sites excluding steroid dienone is 8. The first-order chi connectivity index (χ1) is 31.7. The van der Waals surface area contributed by atoms with Crippen molar-refractivity contribution in [1.29, 1.82) is 0 Å². The largest absolute Gasteiger partial charge is 0.494 e. The predicted molar refractivity (Wildman–Crippen MR) is 261 cm³/mol. The predicted octanol–water partition coefficient (Wildman–Crippen LogP) is 7.85. The summed E-state index contributed by atoms with van der Waals surface area (Å²) in [5.41, 5.74) is 6.39. The summed E-state index contributed by atoms with van der Waals surface area (Å²) in [7, 11) is -17.5. The molecule has 2 heterocycles. The molecule has 0 amide bonds. The fourth-order valence-corrected chi connectivity index (χ4v) is 11.5. The van der Waals surface area contributed by atoms with Gasteiger partial charge in [-0.1, -0.05) is 38.1 Å². The molecule has 0 radical (unpaired) electrons. The van der Waals surface area contributed by atoms with Crippen LogP contribution in [0.15, 0.2) is 112 Å². The number of anilines is 1. The molecule has 0 spiro atoms. The SMILES string of the molecule is CC1(C)C(/C=C/C2=C(c3cccc(OCCCCO)c3)C(=C/C=C3\N(CCCCS(=O)(=O)O)c4ccc(S(=O)(=O)O)cc4C3(C)C)/CCC2)=[N+](CCCCS(=O)(=O)O)c2ccc(S(=O)(=O)O)cc21. The number of hydrogen-bond acceptors (Lipinski definition) is 11. The molecule has 0 aromatic heterocycles. The van der Waals surface area contributed by atoms with Gasteiger partial charge in [0, 0.05) is 54.1 Å². The van der Waals surface area contributed by atoms with Crippen molar-refractivity contribution in [2.45, 2.75) is 106 Å². The Morgan fingerprint density at radius 3 is 1.99 bits per heavy atom. The number of hydrogen-bond donors (Lipinski definition) is 5. The van der Waals surface area contributed by atoms with Gasteiger partial charge in [-0.05, 0) is 142 Å². The van der Waals surface area contributed by atoms with Crippen LogP contribution < -0.4 is 9.64 Å². The third-order valence-electron chi connectivity index (χ3n) is 12.8. The van der Waals surface area contributed by atoms with Crippen molar-refractivity contribution in [1.82, 2.24) is 0 Å². The van der Waals surface area contributed by atoms with Gasteiger partial charge >= 0.3 is 0 Å². The number of unbranched alkanes of at least 4 members (excludes halogenated alkanes) is 3. The van der Waals surface area contributed by atoms with E-state index in [1.807, 2.05) is 85.7 Å². The van der Waals surface area contributed by atoms with E-state index in [1.165, 1.54) is 24.3 Å². The highest BCUT2D eigenvalue weighted by molar-refractivity contribution is 7.86. The molecule has 68 heavy (non-hydrogen) atoms. The van der Waals surface area contributed by atoms with Crippen LogP contribution >= 0.6 is 0 Å². The Hall–Kier alpha value is -4.51. The summed E-state index contributed by atoms with van der Waals surface area (Å²) in [6, 6.07) is 16.5. The van der Waals surface area contributed by atoms with Gasteiger partial charge in [-0.25, -0.2) is 0 Å². The zero-order valence-corrected chi connectivity index (χ0v) is 41.9. The zero-order chi connectivity index (χ0) is 49.9. The van der Waals surface area contributed by atoms with E-state index in [9.17, 15) is 57.0 Å². The summed E-state index contributed by atoms with van der Waals surface area (Å²) < 4.78 is 142. The molecule has 0 fully saturated rings. The molecule has 2 aliphatic heterocycles. The van der Waals surface area contributed by atoms with Gasteiger partial charge in [0.25, 0.3) is 40.5 Å². The first-order valence-corrected chi connectivity index (χ1v) is 28.6. The summed E-state index contributed by atoms with van der Waals surface area (Å²) in [6.45, 7) is 8.89. The van der Waals surface area contributed by atoms with Crippen molar-refractivity contribution >= 4 is 63.1 Å². The minimum Gasteiger partial charge on any atom is -0.494 e. The first kappa shape index (κ1) is 52.9. The standard InChI is InChI=1S/C48H60N2O14S4/c1-47(2)40-32-38(67(58,59)60)19-21-42(40)49(25-5-9-29-65(52,53)54)44(47)23-17-34-13-11-14-35(46(34)36-15-12-16-37(31-36)64-28-8-7-27-51)18-24-45-48(3,4)41-33-39(68(61,62)63)20-22-43(41)50(45)26-6-10-30-66(55,56)57/h12,15-24,31-33,51H,5-11,13-14,25-30H2,1-4H3,(H3-,52,53,54,55,56,57,58,59,60,61,62,63)/p+1. The Bertz CT molecular complexity index is 3040. The van der Waals surface area contributed by atoms with E-state index in [0.717, 1.165) is 40.1 Å². The molecule has 1 aliphatic carbocycles. The monoisotopic (exact) mass is 1020 g/mol. The zero-order valence-electron chi connectivity index (χ0n) is 38.6. The quantitative estimate of drug-likeness (QED) is 0.0387. The lowest BCUT2D eigenvalue weighted by molar-refractivity contribution is -0.438. The Morgan fingerprint density at radius 2 is 1.34 bits per heavy atom. The first-order valence-electron chi connectivity index (χ1n) is 22.5. The van der Waals surface area contributed by atoms with Gasteiger partial charge in [0.05, 0.1) is 33.3 Å². The molecule has 20 heteroatoms. The normalized spacial score (nSPS) is 18.6. The summed E-state index contributed by atoms with van der Waals surface area (Å²) in [6.07, 6.45) is 12.5. The Kier molecular flexibility index (Phi) is 16.2. The Balaban J connectivity index is 1.50. The minimum atomic E-state index is -4.54. The molecule has 16 nitrogen and oxygen atoms in total. The molecule has 5 N–H and O–H groups in total. The number of benzene rings is 3. The molecule has 0 bridgehead atoms. The second-order valence-electron chi connectivity index (χ2n) is 18.4. The molecular formula is C48H61N2O14S4+. The van der Waals surface area contributed by atoms with Crippen LogP contribution in [-0.2, 0) is 51.3 Å². The Morgan fingerprint density at radius 1 is 0.691 bits per heavy atom. The lowest BCUT2D eigenvalue weighted by Crippen LogP contribution is -2.28. The summed E-state index contributed by atoms with van der Waals surface area (Å²) in [4.78, 5) is 1.49. The lowest BCUT2D eigenvalue weighted by atomic mass is 9.79. The molecule has 3 aromatic rings. The number of aliphatic hydroxyl groups is 1. The van der Waals surface area contributed by atoms with Crippen LogP contribution in [-0.4, -0.2) is 105 Å². The topological polar surface area (TPSA) is 253 Å². The molecular weight excluding hydrogens is 957 g/mol. The highest BCUT2D eigenvalue weighted by Crippen LogP contribution is 2.49. The van der Waals surface area contributed by atoms with E-state index in [0.29, 0.717) is 86.5 Å². The number of rotatable bonds is 21. The van der Waals surface area contributed by atoms with E-state index >= 15 is 0 Å². The smallest absolute Gasteiger partial charge is 0.294 e. The second kappa shape index (κ2) is 20.8. The van der Waals surface area contributed by atoms with Gasteiger partial charge in [0.15, 0.2) is 5.71 Å². The maximum atomic E-state index is 12.3. The number of ether oxygens (including phenoxy) is 1. The van der Waals surface area contributed by atoms with Crippen LogP contribution in [0.25, 0.3) is 5.57 Å². The van der Waals surface area contributed by atoms with Crippen molar-refractivity contribution in [2.24, 2.45) is 0 Å². The van der Waals surface area contributed by atoms with Crippen molar-refractivity contribution in [3.8, 4) is 5.75 Å². The Labute approximate surface area is 400 Å². The van der Waals surface area contributed by atoms with Crippen LogP contribution in [0.1, 0.15) is 102 Å². The maximum Gasteiger partial charge on any atom is 0.294 e. The van der Waals surface area contributed by atoms with Gasteiger partial charge in [0.2, 0.25) is 5.69 Å². The van der Waals surface area contributed by atoms with Crippen LogP contribution in [0.5, 0.6) is 5.75 Å². The number of fused-ring (bicyclic) bond motifs is 2. The van der Waals surface area contributed by atoms with Gasteiger partial charge in [-0.15, -0.1) is 0 Å². The average molecular weight is 1020 g/mol. The molecule has 0 unspecified atom stereocenters. The van der Waals surface area contributed by atoms with Crippen molar-refractivity contribution in [3.63, 3.8) is 0 Å². The molecule has 370 valence electrons. The van der Waals surface area contributed by atoms with E-state index in [-0.39, 0.29) is 29.2 Å². The van der Waals surface area contributed by atoms with Gasteiger partial charge in [0.1, 0.15) is 12.3 Å². The van der Waals surface area contributed by atoms with E-state index in [1.54, 1.807) is 12.1 Å².